The number of rotatable bonds is 7. The van der Waals surface area contributed by atoms with Gasteiger partial charge in [0.15, 0.2) is 0 Å². The highest BCUT2D eigenvalue weighted by Gasteiger charge is 2.13. The third-order valence-corrected chi connectivity index (χ3v) is 5.47. The van der Waals surface area contributed by atoms with Gasteiger partial charge in [0.1, 0.15) is 0 Å². The molecule has 148 valence electrons. The molecule has 0 heterocycles. The molecule has 2 aromatic carbocycles. The van der Waals surface area contributed by atoms with Crippen molar-refractivity contribution < 1.29 is 9.59 Å². The van der Waals surface area contributed by atoms with Gasteiger partial charge in [0.05, 0.1) is 6.54 Å². The van der Waals surface area contributed by atoms with Crippen molar-refractivity contribution in [2.75, 3.05) is 30.8 Å². The number of carbonyl (C=O) groups excluding carboxylic acids is 2. The van der Waals surface area contributed by atoms with Gasteiger partial charge in [0.25, 0.3) is 0 Å². The smallest absolute Gasteiger partial charge is 0.238 e. The Morgan fingerprint density at radius 1 is 1.04 bits per heavy atom. The lowest BCUT2D eigenvalue weighted by atomic mass is 10.1. The lowest BCUT2D eigenvalue weighted by Crippen LogP contribution is -2.32. The second-order valence-corrected chi connectivity index (χ2v) is 8.30. The van der Waals surface area contributed by atoms with Gasteiger partial charge in [0.2, 0.25) is 11.8 Å². The standard InChI is InChI=1S/C22H26BrN3O2/c1-15-12-18(23)7-9-20(15)25-22(28)14-26(2)11-10-21(27)24-19-8-6-16-4-3-5-17(16)13-19/h6-9,12-13H,3-5,10-11,14H2,1-2H3,(H,24,27)(H,25,28). The number of hydrogen-bond donors (Lipinski definition) is 2. The van der Waals surface area contributed by atoms with Crippen molar-refractivity contribution in [3.05, 3.63) is 57.6 Å². The number of fused-ring (bicyclic) bond motifs is 1. The molecule has 0 fully saturated rings. The fourth-order valence-electron chi connectivity index (χ4n) is 3.45. The molecule has 1 aliphatic carbocycles. The lowest BCUT2D eigenvalue weighted by Gasteiger charge is -2.17. The summed E-state index contributed by atoms with van der Waals surface area (Å²) in [5.74, 6) is -0.124. The monoisotopic (exact) mass is 443 g/mol. The van der Waals surface area contributed by atoms with E-state index in [1.807, 2.05) is 43.1 Å². The molecule has 2 N–H and O–H groups in total. The number of amides is 2. The normalized spacial score (nSPS) is 12.7. The minimum absolute atomic E-state index is 0.0334. The molecule has 1 aliphatic rings. The second kappa shape index (κ2) is 9.34. The molecular formula is C22H26BrN3O2. The first kappa shape index (κ1) is 20.6. The van der Waals surface area contributed by atoms with Crippen LogP contribution in [0.25, 0.3) is 0 Å². The van der Waals surface area contributed by atoms with Gasteiger partial charge >= 0.3 is 0 Å². The van der Waals surface area contributed by atoms with E-state index >= 15 is 0 Å². The fourth-order valence-corrected chi connectivity index (χ4v) is 3.92. The van der Waals surface area contributed by atoms with Gasteiger partial charge in [-0.15, -0.1) is 0 Å². The van der Waals surface area contributed by atoms with Gasteiger partial charge in [-0.2, -0.15) is 0 Å². The van der Waals surface area contributed by atoms with E-state index in [1.165, 1.54) is 17.5 Å². The van der Waals surface area contributed by atoms with Crippen LogP contribution in [0.1, 0.15) is 29.5 Å². The highest BCUT2D eigenvalue weighted by molar-refractivity contribution is 9.10. The number of aryl methyl sites for hydroxylation is 3. The third kappa shape index (κ3) is 5.66. The average molecular weight is 444 g/mol. The predicted molar refractivity (Wildman–Crippen MR) is 117 cm³/mol. The molecule has 3 rings (SSSR count). The minimum atomic E-state index is -0.0908. The van der Waals surface area contributed by atoms with E-state index in [1.54, 1.807) is 0 Å². The maximum atomic E-state index is 12.2. The maximum absolute atomic E-state index is 12.2. The van der Waals surface area contributed by atoms with Crippen LogP contribution in [0, 0.1) is 6.92 Å². The summed E-state index contributed by atoms with van der Waals surface area (Å²) in [6.45, 7) is 2.71. The van der Waals surface area contributed by atoms with Crippen LogP contribution in [0.2, 0.25) is 0 Å². The van der Waals surface area contributed by atoms with E-state index in [2.05, 4.69) is 38.7 Å². The van der Waals surface area contributed by atoms with E-state index < -0.39 is 0 Å². The molecule has 0 saturated heterocycles. The van der Waals surface area contributed by atoms with Crippen molar-refractivity contribution in [2.24, 2.45) is 0 Å². The quantitative estimate of drug-likeness (QED) is 0.675. The van der Waals surface area contributed by atoms with Crippen LogP contribution >= 0.6 is 15.9 Å². The summed E-state index contributed by atoms with van der Waals surface area (Å²) >= 11 is 3.42. The SMILES string of the molecule is Cc1cc(Br)ccc1NC(=O)CN(C)CCC(=O)Nc1ccc2c(c1)CCC2. The topological polar surface area (TPSA) is 61.4 Å². The molecule has 0 bridgehead atoms. The number of nitrogens with zero attached hydrogens (tertiary/aromatic N) is 1. The summed E-state index contributed by atoms with van der Waals surface area (Å²) in [6.07, 6.45) is 3.77. The van der Waals surface area contributed by atoms with Crippen molar-refractivity contribution in [2.45, 2.75) is 32.6 Å². The Kier molecular flexibility index (Phi) is 6.86. The average Bonchev–Trinajstić information content (AvgIpc) is 3.10. The van der Waals surface area contributed by atoms with Crippen LogP contribution in [-0.2, 0) is 22.4 Å². The van der Waals surface area contributed by atoms with Gasteiger partial charge < -0.3 is 10.6 Å². The van der Waals surface area contributed by atoms with E-state index in [-0.39, 0.29) is 18.4 Å². The van der Waals surface area contributed by atoms with Gasteiger partial charge in [-0.05, 0) is 80.3 Å². The Hall–Kier alpha value is -2.18. The van der Waals surface area contributed by atoms with Gasteiger partial charge in [0, 0.05) is 28.8 Å². The van der Waals surface area contributed by atoms with Gasteiger partial charge in [-0.3, -0.25) is 14.5 Å². The number of anilines is 2. The molecule has 0 radical (unpaired) electrons. The molecule has 6 heteroatoms. The number of benzene rings is 2. The zero-order chi connectivity index (χ0) is 20.1. The van der Waals surface area contributed by atoms with Crippen molar-refractivity contribution in [3.8, 4) is 0 Å². The summed E-state index contributed by atoms with van der Waals surface area (Å²) < 4.78 is 0.981. The maximum Gasteiger partial charge on any atom is 0.238 e. The van der Waals surface area contributed by atoms with Gasteiger partial charge in [-0.25, -0.2) is 0 Å². The molecule has 5 nitrogen and oxygen atoms in total. The first-order chi connectivity index (χ1) is 13.4. The van der Waals surface area contributed by atoms with Crippen LogP contribution < -0.4 is 10.6 Å². The van der Waals surface area contributed by atoms with Crippen LogP contribution in [0.3, 0.4) is 0 Å². The Balaban J connectivity index is 1.42. The summed E-state index contributed by atoms with van der Waals surface area (Å²) in [4.78, 5) is 26.3. The summed E-state index contributed by atoms with van der Waals surface area (Å²) in [5.41, 5.74) is 5.39. The Labute approximate surface area is 174 Å². The van der Waals surface area contributed by atoms with Crippen molar-refractivity contribution in [3.63, 3.8) is 0 Å². The van der Waals surface area contributed by atoms with E-state index in [4.69, 9.17) is 0 Å². The molecule has 0 spiro atoms. The molecular weight excluding hydrogens is 418 g/mol. The highest BCUT2D eigenvalue weighted by Crippen LogP contribution is 2.25. The van der Waals surface area contributed by atoms with E-state index in [9.17, 15) is 9.59 Å². The zero-order valence-corrected chi connectivity index (χ0v) is 17.9. The van der Waals surface area contributed by atoms with Crippen LogP contribution in [0.15, 0.2) is 40.9 Å². The number of nitrogens with one attached hydrogen (secondary N) is 2. The Morgan fingerprint density at radius 3 is 2.61 bits per heavy atom. The molecule has 28 heavy (non-hydrogen) atoms. The molecule has 0 unspecified atom stereocenters. The number of carbonyl (C=O) groups is 2. The zero-order valence-electron chi connectivity index (χ0n) is 16.3. The van der Waals surface area contributed by atoms with Crippen molar-refractivity contribution in [1.82, 2.24) is 4.90 Å². The van der Waals surface area contributed by atoms with Crippen LogP contribution in [-0.4, -0.2) is 36.9 Å². The summed E-state index contributed by atoms with van der Waals surface area (Å²) in [7, 11) is 1.84. The number of likely N-dealkylation sites (N-methyl/N-ethyl adjacent to an activating group) is 1. The highest BCUT2D eigenvalue weighted by atomic mass is 79.9. The molecule has 2 aromatic rings. The fraction of sp³-hybridized carbons (Fsp3) is 0.364. The second-order valence-electron chi connectivity index (χ2n) is 7.38. The molecule has 2 amide bonds. The lowest BCUT2D eigenvalue weighted by molar-refractivity contribution is -0.119. The Morgan fingerprint density at radius 2 is 1.82 bits per heavy atom. The first-order valence-electron chi connectivity index (χ1n) is 9.57. The first-order valence-corrected chi connectivity index (χ1v) is 10.4. The Bertz CT molecular complexity index is 882. The third-order valence-electron chi connectivity index (χ3n) is 4.98. The molecule has 0 saturated carbocycles. The van der Waals surface area contributed by atoms with E-state index in [0.29, 0.717) is 13.0 Å². The van der Waals surface area contributed by atoms with E-state index in [0.717, 1.165) is 34.3 Å². The van der Waals surface area contributed by atoms with Crippen LogP contribution in [0.4, 0.5) is 11.4 Å². The predicted octanol–water partition coefficient (Wildman–Crippen LogP) is 4.15. The minimum Gasteiger partial charge on any atom is -0.326 e. The molecule has 0 atom stereocenters. The van der Waals surface area contributed by atoms with Gasteiger partial charge in [-0.1, -0.05) is 22.0 Å². The van der Waals surface area contributed by atoms with Crippen molar-refractivity contribution >= 4 is 39.1 Å². The van der Waals surface area contributed by atoms with Crippen LogP contribution in [0.5, 0.6) is 0 Å². The number of halogens is 1. The van der Waals surface area contributed by atoms with Crippen molar-refractivity contribution in [1.29, 1.82) is 0 Å². The number of hydrogen-bond acceptors (Lipinski definition) is 3. The summed E-state index contributed by atoms with van der Waals surface area (Å²) in [5, 5.41) is 5.88. The molecule has 0 aliphatic heterocycles. The largest absolute Gasteiger partial charge is 0.326 e. The summed E-state index contributed by atoms with van der Waals surface area (Å²) in [6, 6.07) is 11.9. The molecule has 0 aromatic heterocycles.